The molecule has 0 aliphatic rings. The molecule has 0 saturated carbocycles. The highest BCUT2D eigenvalue weighted by atomic mass is 35.5. The average molecular weight is 331 g/mol. The largest absolute Gasteiger partial charge is 0.354 e. The van der Waals surface area contributed by atoms with Crippen molar-refractivity contribution in [3.63, 3.8) is 0 Å². The van der Waals surface area contributed by atoms with Crippen molar-refractivity contribution in [3.05, 3.63) is 52.5 Å². The Morgan fingerprint density at radius 3 is 2.15 bits per heavy atom. The minimum absolute atomic E-state index is 0.438. The molecule has 7 heteroatoms. The highest BCUT2D eigenvalue weighted by Crippen LogP contribution is 2.31. The molecule has 0 aliphatic carbocycles. The zero-order valence-electron chi connectivity index (χ0n) is 10.5. The van der Waals surface area contributed by atoms with E-state index in [4.69, 9.17) is 23.2 Å². The number of halogens is 2. The van der Waals surface area contributed by atoms with Gasteiger partial charge in [0.25, 0.3) is 0 Å². The molecule has 0 bridgehead atoms. The smallest absolute Gasteiger partial charge is 0.229 e. The molecule has 2 aromatic rings. The van der Waals surface area contributed by atoms with Gasteiger partial charge >= 0.3 is 0 Å². The molecule has 0 amide bonds. The van der Waals surface area contributed by atoms with Crippen molar-refractivity contribution in [3.8, 4) is 0 Å². The lowest BCUT2D eigenvalue weighted by Gasteiger charge is -2.10. The Bertz CT molecular complexity index is 716. The normalized spacial score (nSPS) is 11.2. The molecule has 2 N–H and O–H groups in total. The molecule has 106 valence electrons. The van der Waals surface area contributed by atoms with Gasteiger partial charge in [-0.2, -0.15) is 0 Å². The quantitative estimate of drug-likeness (QED) is 0.886. The van der Waals surface area contributed by atoms with Crippen LogP contribution in [0.2, 0.25) is 10.0 Å². The number of sulfonamides is 1. The topological polar surface area (TPSA) is 58.2 Å². The fraction of sp³-hybridized carbons (Fsp3) is 0.0769. The first-order valence-corrected chi connectivity index (χ1v) is 8.29. The summed E-state index contributed by atoms with van der Waals surface area (Å²) in [5.74, 6) is 0. The summed E-state index contributed by atoms with van der Waals surface area (Å²) in [6.45, 7) is 0. The van der Waals surface area contributed by atoms with Gasteiger partial charge in [0, 0.05) is 11.4 Å². The fourth-order valence-corrected chi connectivity index (χ4v) is 2.50. The van der Waals surface area contributed by atoms with Gasteiger partial charge in [-0.15, -0.1) is 0 Å². The van der Waals surface area contributed by atoms with Crippen LogP contribution in [0.3, 0.4) is 0 Å². The van der Waals surface area contributed by atoms with E-state index in [0.29, 0.717) is 21.4 Å². The highest BCUT2D eigenvalue weighted by Gasteiger charge is 2.05. The van der Waals surface area contributed by atoms with E-state index in [1.807, 2.05) is 0 Å². The van der Waals surface area contributed by atoms with E-state index >= 15 is 0 Å². The highest BCUT2D eigenvalue weighted by molar-refractivity contribution is 7.92. The first kappa shape index (κ1) is 15.0. The van der Waals surface area contributed by atoms with Gasteiger partial charge in [0.1, 0.15) is 0 Å². The Morgan fingerprint density at radius 1 is 0.950 bits per heavy atom. The molecule has 0 heterocycles. The molecule has 0 aromatic heterocycles. The minimum atomic E-state index is -3.27. The first-order valence-electron chi connectivity index (χ1n) is 5.64. The van der Waals surface area contributed by atoms with Gasteiger partial charge in [-0.3, -0.25) is 4.72 Å². The van der Waals surface area contributed by atoms with Gasteiger partial charge in [-0.05, 0) is 36.4 Å². The zero-order valence-corrected chi connectivity index (χ0v) is 12.9. The molecular weight excluding hydrogens is 319 g/mol. The third-order valence-corrected chi connectivity index (χ3v) is 3.84. The second-order valence-electron chi connectivity index (χ2n) is 4.18. The standard InChI is InChI=1S/C13H12Cl2N2O2S/c1-20(18,19)17-10-7-5-9(6-8-10)16-12-4-2-3-11(14)13(12)15/h2-8,16-17H,1H3. The summed E-state index contributed by atoms with van der Waals surface area (Å²) in [5.41, 5.74) is 1.95. The van der Waals surface area contributed by atoms with Gasteiger partial charge in [0.05, 0.1) is 22.0 Å². The average Bonchev–Trinajstić information content (AvgIpc) is 2.35. The first-order chi connectivity index (χ1) is 9.35. The van der Waals surface area contributed by atoms with E-state index in [1.54, 1.807) is 42.5 Å². The van der Waals surface area contributed by atoms with Gasteiger partial charge in [-0.1, -0.05) is 29.3 Å². The molecule has 0 radical (unpaired) electrons. The fourth-order valence-electron chi connectivity index (χ4n) is 1.59. The Labute approximate surface area is 127 Å². The molecule has 0 fully saturated rings. The van der Waals surface area contributed by atoms with Crippen molar-refractivity contribution in [2.75, 3.05) is 16.3 Å². The van der Waals surface area contributed by atoms with E-state index < -0.39 is 10.0 Å². The van der Waals surface area contributed by atoms with Gasteiger partial charge < -0.3 is 5.32 Å². The summed E-state index contributed by atoms with van der Waals surface area (Å²) < 4.78 is 24.6. The van der Waals surface area contributed by atoms with E-state index in [1.165, 1.54) is 0 Å². The summed E-state index contributed by atoms with van der Waals surface area (Å²) in [4.78, 5) is 0. The van der Waals surface area contributed by atoms with E-state index in [-0.39, 0.29) is 0 Å². The van der Waals surface area contributed by atoms with Crippen molar-refractivity contribution in [1.29, 1.82) is 0 Å². The van der Waals surface area contributed by atoms with Crippen LogP contribution in [0.4, 0.5) is 17.1 Å². The van der Waals surface area contributed by atoms with Crippen LogP contribution < -0.4 is 10.0 Å². The van der Waals surface area contributed by atoms with Crippen LogP contribution in [-0.2, 0) is 10.0 Å². The Morgan fingerprint density at radius 2 is 1.55 bits per heavy atom. The van der Waals surface area contributed by atoms with E-state index in [2.05, 4.69) is 10.0 Å². The molecule has 4 nitrogen and oxygen atoms in total. The van der Waals surface area contributed by atoms with Gasteiger partial charge in [0.2, 0.25) is 10.0 Å². The monoisotopic (exact) mass is 330 g/mol. The maximum Gasteiger partial charge on any atom is 0.229 e. The predicted molar refractivity (Wildman–Crippen MR) is 84.7 cm³/mol. The van der Waals surface area contributed by atoms with Crippen molar-refractivity contribution in [2.24, 2.45) is 0 Å². The number of rotatable bonds is 4. The van der Waals surface area contributed by atoms with Crippen molar-refractivity contribution in [2.45, 2.75) is 0 Å². The van der Waals surface area contributed by atoms with Crippen LogP contribution >= 0.6 is 23.2 Å². The molecule has 2 rings (SSSR count). The maximum atomic E-state index is 11.1. The summed E-state index contributed by atoms with van der Waals surface area (Å²) in [6, 6.07) is 12.1. The van der Waals surface area contributed by atoms with Crippen LogP contribution in [-0.4, -0.2) is 14.7 Å². The van der Waals surface area contributed by atoms with Crippen LogP contribution in [0.25, 0.3) is 0 Å². The number of nitrogens with one attached hydrogen (secondary N) is 2. The lowest BCUT2D eigenvalue weighted by molar-refractivity contribution is 0.607. The second-order valence-corrected chi connectivity index (χ2v) is 6.71. The predicted octanol–water partition coefficient (Wildman–Crippen LogP) is 4.11. The molecule has 2 aromatic carbocycles. The molecule has 0 saturated heterocycles. The number of hydrogen-bond acceptors (Lipinski definition) is 3. The third-order valence-electron chi connectivity index (χ3n) is 2.42. The Balaban J connectivity index is 2.17. The van der Waals surface area contributed by atoms with Crippen LogP contribution in [0.1, 0.15) is 0 Å². The summed E-state index contributed by atoms with van der Waals surface area (Å²) in [7, 11) is -3.27. The van der Waals surface area contributed by atoms with E-state index in [0.717, 1.165) is 11.9 Å². The summed E-state index contributed by atoms with van der Waals surface area (Å²) >= 11 is 12.0. The summed E-state index contributed by atoms with van der Waals surface area (Å²) in [5, 5.41) is 4.01. The number of hydrogen-bond donors (Lipinski definition) is 2. The number of benzene rings is 2. The van der Waals surface area contributed by atoms with Crippen molar-refractivity contribution < 1.29 is 8.42 Å². The van der Waals surface area contributed by atoms with Gasteiger partial charge in [-0.25, -0.2) is 8.42 Å². The van der Waals surface area contributed by atoms with Crippen molar-refractivity contribution >= 4 is 50.3 Å². The maximum absolute atomic E-state index is 11.1. The Hall–Kier alpha value is -1.43. The Kier molecular flexibility index (Phi) is 4.42. The van der Waals surface area contributed by atoms with Gasteiger partial charge in [0.15, 0.2) is 0 Å². The molecular formula is C13H12Cl2N2O2S. The molecule has 0 atom stereocenters. The second kappa shape index (κ2) is 5.91. The van der Waals surface area contributed by atoms with Crippen molar-refractivity contribution in [1.82, 2.24) is 0 Å². The number of anilines is 3. The van der Waals surface area contributed by atoms with E-state index in [9.17, 15) is 8.42 Å². The SMILES string of the molecule is CS(=O)(=O)Nc1ccc(Nc2cccc(Cl)c2Cl)cc1. The molecule has 0 spiro atoms. The summed E-state index contributed by atoms with van der Waals surface area (Å²) in [6.07, 6.45) is 1.10. The van der Waals surface area contributed by atoms with Crippen LogP contribution in [0.15, 0.2) is 42.5 Å². The zero-order chi connectivity index (χ0) is 14.8. The lowest BCUT2D eigenvalue weighted by Crippen LogP contribution is -2.09. The molecule has 20 heavy (non-hydrogen) atoms. The van der Waals surface area contributed by atoms with Crippen LogP contribution in [0, 0.1) is 0 Å². The third kappa shape index (κ3) is 4.03. The molecule has 0 unspecified atom stereocenters. The van der Waals surface area contributed by atoms with Crippen LogP contribution in [0.5, 0.6) is 0 Å². The lowest BCUT2D eigenvalue weighted by atomic mass is 10.2. The minimum Gasteiger partial charge on any atom is -0.354 e. The molecule has 0 aliphatic heterocycles.